The molecule has 0 radical (unpaired) electrons. The van der Waals surface area contributed by atoms with Crippen LogP contribution in [0, 0.1) is 0 Å². The van der Waals surface area contributed by atoms with Gasteiger partial charge in [0.25, 0.3) is 0 Å². The number of carbonyl (C=O) groups is 2. The number of amides is 2. The molecule has 0 aliphatic carbocycles. The van der Waals surface area contributed by atoms with Gasteiger partial charge in [-0.2, -0.15) is 0 Å². The first-order valence-electron chi connectivity index (χ1n) is 6.43. The average molecular weight is 281 g/mol. The summed E-state index contributed by atoms with van der Waals surface area (Å²) in [5.74, 6) is -0.0707. The Morgan fingerprint density at radius 1 is 1.32 bits per heavy atom. The van der Waals surface area contributed by atoms with Crippen LogP contribution >= 0.6 is 11.6 Å². The molecule has 0 spiro atoms. The fraction of sp³-hybridized carbons (Fsp3) is 0.429. The van der Waals surface area contributed by atoms with Crippen LogP contribution in [0.5, 0.6) is 0 Å². The molecule has 1 saturated heterocycles. The van der Waals surface area contributed by atoms with Crippen LogP contribution < -0.4 is 5.32 Å². The van der Waals surface area contributed by atoms with Crippen LogP contribution in [0.2, 0.25) is 5.02 Å². The lowest BCUT2D eigenvalue weighted by molar-refractivity contribution is -0.145. The molecule has 19 heavy (non-hydrogen) atoms. The fourth-order valence-electron chi connectivity index (χ4n) is 2.28. The zero-order valence-corrected chi connectivity index (χ0v) is 11.6. The highest BCUT2D eigenvalue weighted by Gasteiger charge is 2.32. The molecule has 4 nitrogen and oxygen atoms in total. The van der Waals surface area contributed by atoms with Gasteiger partial charge in [-0.3, -0.25) is 9.59 Å². The van der Waals surface area contributed by atoms with Crippen molar-refractivity contribution in [3.63, 3.8) is 0 Å². The molecule has 1 heterocycles. The number of benzene rings is 1. The van der Waals surface area contributed by atoms with Gasteiger partial charge in [0.1, 0.15) is 6.04 Å². The molecule has 102 valence electrons. The molecule has 2 rings (SSSR count). The Morgan fingerprint density at radius 3 is 2.63 bits per heavy atom. The summed E-state index contributed by atoms with van der Waals surface area (Å²) >= 11 is 5.83. The second kappa shape index (κ2) is 6.06. The molecule has 1 aliphatic rings. The van der Waals surface area contributed by atoms with Gasteiger partial charge in [0.15, 0.2) is 0 Å². The largest absolute Gasteiger partial charge is 0.345 e. The molecule has 2 amide bonds. The first-order valence-corrected chi connectivity index (χ1v) is 6.81. The van der Waals surface area contributed by atoms with E-state index in [9.17, 15) is 9.59 Å². The molecule has 1 atom stereocenters. The summed E-state index contributed by atoms with van der Waals surface area (Å²) in [6.07, 6.45) is 1.37. The Bertz CT molecular complexity index is 473. The predicted molar refractivity (Wildman–Crippen MR) is 74.0 cm³/mol. The van der Waals surface area contributed by atoms with Gasteiger partial charge in [-0.15, -0.1) is 0 Å². The van der Waals surface area contributed by atoms with Crippen molar-refractivity contribution in [1.82, 2.24) is 10.2 Å². The molecular weight excluding hydrogens is 264 g/mol. The van der Waals surface area contributed by atoms with Crippen LogP contribution in [0.15, 0.2) is 24.3 Å². The van der Waals surface area contributed by atoms with Gasteiger partial charge in [-0.25, -0.2) is 0 Å². The molecule has 1 fully saturated rings. The lowest BCUT2D eigenvalue weighted by atomic mass is 10.1. The van der Waals surface area contributed by atoms with Crippen LogP contribution in [0.25, 0.3) is 0 Å². The van der Waals surface area contributed by atoms with Crippen LogP contribution in [0.4, 0.5) is 0 Å². The van der Waals surface area contributed by atoms with Crippen LogP contribution in [0.3, 0.4) is 0 Å². The number of hydrogen-bond acceptors (Lipinski definition) is 2. The van der Waals surface area contributed by atoms with E-state index in [-0.39, 0.29) is 24.4 Å². The minimum atomic E-state index is -0.339. The van der Waals surface area contributed by atoms with E-state index in [1.165, 1.54) is 0 Å². The lowest BCUT2D eigenvalue weighted by Gasteiger charge is -2.34. The smallest absolute Gasteiger partial charge is 0.243 e. The molecular formula is C14H17ClN2O2. The Kier molecular flexibility index (Phi) is 4.43. The summed E-state index contributed by atoms with van der Waals surface area (Å²) in [7, 11) is 0. The molecule has 1 aromatic rings. The first-order chi connectivity index (χ1) is 9.11. The monoisotopic (exact) mass is 280 g/mol. The maximum Gasteiger partial charge on any atom is 0.243 e. The molecule has 1 aliphatic heterocycles. The molecule has 0 bridgehead atoms. The van der Waals surface area contributed by atoms with E-state index < -0.39 is 0 Å². The van der Waals surface area contributed by atoms with Crippen molar-refractivity contribution >= 4 is 23.4 Å². The van der Waals surface area contributed by atoms with E-state index in [4.69, 9.17) is 11.6 Å². The van der Waals surface area contributed by atoms with Gasteiger partial charge in [0.05, 0.1) is 6.54 Å². The predicted octanol–water partition coefficient (Wildman–Crippen LogP) is 1.62. The summed E-state index contributed by atoms with van der Waals surface area (Å²) in [6.45, 7) is 2.58. The van der Waals surface area contributed by atoms with Crippen molar-refractivity contribution in [2.45, 2.75) is 25.8 Å². The summed E-state index contributed by atoms with van der Waals surface area (Å²) in [4.78, 5) is 25.3. The average Bonchev–Trinajstić information content (AvgIpc) is 2.41. The van der Waals surface area contributed by atoms with E-state index >= 15 is 0 Å². The normalized spacial score (nSPS) is 19.5. The Morgan fingerprint density at radius 2 is 2.00 bits per heavy atom. The number of piperazine rings is 1. The van der Waals surface area contributed by atoms with Crippen molar-refractivity contribution in [3.8, 4) is 0 Å². The second-order valence-corrected chi connectivity index (χ2v) is 5.04. The minimum Gasteiger partial charge on any atom is -0.345 e. The quantitative estimate of drug-likeness (QED) is 0.911. The number of hydrogen-bond donors (Lipinski definition) is 1. The summed E-state index contributed by atoms with van der Waals surface area (Å²) in [5.41, 5.74) is 1.11. The summed E-state index contributed by atoms with van der Waals surface area (Å²) in [5, 5.41) is 3.32. The van der Waals surface area contributed by atoms with E-state index in [1.54, 1.807) is 4.90 Å². The Balaban J connectivity index is 2.01. The van der Waals surface area contributed by atoms with E-state index in [2.05, 4.69) is 5.32 Å². The highest BCUT2D eigenvalue weighted by molar-refractivity contribution is 6.30. The van der Waals surface area contributed by atoms with Crippen LogP contribution in [-0.4, -0.2) is 35.8 Å². The van der Waals surface area contributed by atoms with Crippen molar-refractivity contribution in [2.75, 3.05) is 13.1 Å². The maximum absolute atomic E-state index is 11.9. The van der Waals surface area contributed by atoms with Gasteiger partial charge in [0.2, 0.25) is 11.8 Å². The number of nitrogens with one attached hydrogen (secondary N) is 1. The third kappa shape index (κ3) is 3.26. The van der Waals surface area contributed by atoms with Gasteiger partial charge in [-0.05, 0) is 30.5 Å². The van der Waals surface area contributed by atoms with Gasteiger partial charge in [-0.1, -0.05) is 30.7 Å². The molecule has 1 N–H and O–H groups in total. The first kappa shape index (κ1) is 13.9. The SMILES string of the molecule is CCC1C(=O)NCC(=O)N1CCc1ccc(Cl)cc1. The molecule has 5 heteroatoms. The number of nitrogens with zero attached hydrogens (tertiary/aromatic N) is 1. The van der Waals surface area contributed by atoms with Crippen LogP contribution in [0.1, 0.15) is 18.9 Å². The summed E-state index contributed by atoms with van der Waals surface area (Å²) in [6, 6.07) is 7.21. The Labute approximate surface area is 117 Å². The topological polar surface area (TPSA) is 49.4 Å². The van der Waals surface area contributed by atoms with Crippen molar-refractivity contribution < 1.29 is 9.59 Å². The standard InChI is InChI=1S/C14H17ClN2O2/c1-2-12-14(19)16-9-13(18)17(12)8-7-10-3-5-11(15)6-4-10/h3-6,12H,2,7-9H2,1H3,(H,16,19). The number of halogens is 1. The van der Waals surface area contributed by atoms with Gasteiger partial charge >= 0.3 is 0 Å². The Hall–Kier alpha value is -1.55. The number of rotatable bonds is 4. The highest BCUT2D eigenvalue weighted by atomic mass is 35.5. The van der Waals surface area contributed by atoms with Crippen molar-refractivity contribution in [1.29, 1.82) is 0 Å². The maximum atomic E-state index is 11.9. The van der Waals surface area contributed by atoms with E-state index in [0.717, 1.165) is 12.0 Å². The van der Waals surface area contributed by atoms with Crippen LogP contribution in [-0.2, 0) is 16.0 Å². The minimum absolute atomic E-state index is 0.0135. The zero-order valence-electron chi connectivity index (χ0n) is 10.9. The van der Waals surface area contributed by atoms with Gasteiger partial charge < -0.3 is 10.2 Å². The molecule has 0 saturated carbocycles. The lowest BCUT2D eigenvalue weighted by Crippen LogP contribution is -2.58. The third-order valence-corrected chi connectivity index (χ3v) is 3.61. The second-order valence-electron chi connectivity index (χ2n) is 4.61. The fourth-order valence-corrected chi connectivity index (χ4v) is 2.41. The third-order valence-electron chi connectivity index (χ3n) is 3.35. The van der Waals surface area contributed by atoms with Crippen molar-refractivity contribution in [3.05, 3.63) is 34.9 Å². The van der Waals surface area contributed by atoms with E-state index in [1.807, 2.05) is 31.2 Å². The highest BCUT2D eigenvalue weighted by Crippen LogP contribution is 2.13. The summed E-state index contributed by atoms with van der Waals surface area (Å²) < 4.78 is 0. The van der Waals surface area contributed by atoms with Crippen molar-refractivity contribution in [2.24, 2.45) is 0 Å². The molecule has 0 aromatic heterocycles. The molecule has 1 unspecified atom stereocenters. The molecule has 1 aromatic carbocycles. The number of carbonyl (C=O) groups excluding carboxylic acids is 2. The van der Waals surface area contributed by atoms with E-state index in [0.29, 0.717) is 18.0 Å². The zero-order chi connectivity index (χ0) is 13.8. The van der Waals surface area contributed by atoms with Gasteiger partial charge in [0, 0.05) is 11.6 Å².